The summed E-state index contributed by atoms with van der Waals surface area (Å²) in [6, 6.07) is 2.17. The van der Waals surface area contributed by atoms with Crippen LogP contribution in [0.2, 0.25) is 0 Å². The summed E-state index contributed by atoms with van der Waals surface area (Å²) >= 11 is 0. The fourth-order valence-corrected chi connectivity index (χ4v) is 2.40. The predicted octanol–water partition coefficient (Wildman–Crippen LogP) is 2.63. The van der Waals surface area contributed by atoms with E-state index in [0.717, 1.165) is 18.7 Å². The SMILES string of the molecule is C=C(CC(=O)NC1(c2ccc(C(F)(F)F)cn2)CCC1)C(=O)O. The van der Waals surface area contributed by atoms with E-state index in [9.17, 15) is 22.8 Å². The second-order valence-electron chi connectivity index (χ2n) is 5.50. The Bertz CT molecular complexity index is 634. The van der Waals surface area contributed by atoms with Gasteiger partial charge in [-0.15, -0.1) is 0 Å². The predicted molar refractivity (Wildman–Crippen MR) is 74.3 cm³/mol. The van der Waals surface area contributed by atoms with Crippen LogP contribution >= 0.6 is 0 Å². The third-order valence-corrected chi connectivity index (χ3v) is 3.84. The number of nitrogens with one attached hydrogen (secondary N) is 1. The first kappa shape index (κ1) is 17.0. The van der Waals surface area contributed by atoms with Crippen molar-refractivity contribution in [3.8, 4) is 0 Å². The van der Waals surface area contributed by atoms with E-state index >= 15 is 0 Å². The molecule has 1 heterocycles. The molecular weight excluding hydrogens is 313 g/mol. The Labute approximate surface area is 130 Å². The summed E-state index contributed by atoms with van der Waals surface area (Å²) in [5, 5.41) is 11.4. The van der Waals surface area contributed by atoms with Crippen LogP contribution in [0.25, 0.3) is 0 Å². The van der Waals surface area contributed by atoms with E-state index < -0.39 is 29.2 Å². The quantitative estimate of drug-likeness (QED) is 0.815. The van der Waals surface area contributed by atoms with E-state index in [1.165, 1.54) is 6.07 Å². The summed E-state index contributed by atoms with van der Waals surface area (Å²) in [7, 11) is 0. The molecule has 1 aromatic heterocycles. The third-order valence-electron chi connectivity index (χ3n) is 3.84. The average Bonchev–Trinajstić information content (AvgIpc) is 2.42. The maximum absolute atomic E-state index is 12.6. The van der Waals surface area contributed by atoms with Gasteiger partial charge in [0.1, 0.15) is 0 Å². The van der Waals surface area contributed by atoms with Crippen LogP contribution in [0.1, 0.15) is 36.9 Å². The number of hydrogen-bond acceptors (Lipinski definition) is 3. The molecule has 1 amide bonds. The normalized spacial score (nSPS) is 16.3. The monoisotopic (exact) mass is 328 g/mol. The number of alkyl halides is 3. The van der Waals surface area contributed by atoms with E-state index in [0.29, 0.717) is 18.5 Å². The summed E-state index contributed by atoms with van der Waals surface area (Å²) in [5.74, 6) is -1.81. The van der Waals surface area contributed by atoms with Crippen LogP contribution in [-0.4, -0.2) is 22.0 Å². The van der Waals surface area contributed by atoms with Crippen molar-refractivity contribution in [2.45, 2.75) is 37.4 Å². The number of amides is 1. The highest BCUT2D eigenvalue weighted by atomic mass is 19.4. The summed E-state index contributed by atoms with van der Waals surface area (Å²) < 4.78 is 37.7. The second kappa shape index (κ2) is 6.02. The van der Waals surface area contributed by atoms with Crippen molar-refractivity contribution >= 4 is 11.9 Å². The van der Waals surface area contributed by atoms with Crippen LogP contribution in [0.15, 0.2) is 30.5 Å². The third kappa shape index (κ3) is 3.69. The van der Waals surface area contributed by atoms with Crippen molar-refractivity contribution in [3.63, 3.8) is 0 Å². The first-order valence-electron chi connectivity index (χ1n) is 6.90. The maximum Gasteiger partial charge on any atom is 0.417 e. The van der Waals surface area contributed by atoms with Gasteiger partial charge in [-0.3, -0.25) is 9.78 Å². The van der Waals surface area contributed by atoms with Crippen molar-refractivity contribution in [2.75, 3.05) is 0 Å². The molecule has 8 heteroatoms. The number of carboxylic acids is 1. The molecule has 0 unspecified atom stereocenters. The Balaban J connectivity index is 2.13. The Hall–Kier alpha value is -2.38. The average molecular weight is 328 g/mol. The summed E-state index contributed by atoms with van der Waals surface area (Å²) in [4.78, 5) is 26.4. The fourth-order valence-electron chi connectivity index (χ4n) is 2.40. The summed E-state index contributed by atoms with van der Waals surface area (Å²) in [6.45, 7) is 3.28. The molecule has 0 aromatic carbocycles. The van der Waals surface area contributed by atoms with Gasteiger partial charge in [0.25, 0.3) is 0 Å². The molecule has 124 valence electrons. The lowest BCUT2D eigenvalue weighted by Crippen LogP contribution is -2.51. The molecule has 0 atom stereocenters. The van der Waals surface area contributed by atoms with Crippen LogP contribution in [0.5, 0.6) is 0 Å². The first-order valence-corrected chi connectivity index (χ1v) is 6.90. The van der Waals surface area contributed by atoms with Crippen molar-refractivity contribution < 1.29 is 27.9 Å². The van der Waals surface area contributed by atoms with E-state index in [1.807, 2.05) is 0 Å². The summed E-state index contributed by atoms with van der Waals surface area (Å²) in [6.07, 6.45) is -2.24. The van der Waals surface area contributed by atoms with Crippen molar-refractivity contribution in [2.24, 2.45) is 0 Å². The van der Waals surface area contributed by atoms with Gasteiger partial charge in [0.2, 0.25) is 5.91 Å². The zero-order valence-corrected chi connectivity index (χ0v) is 12.1. The highest BCUT2D eigenvalue weighted by Gasteiger charge is 2.42. The Morgan fingerprint density at radius 3 is 2.39 bits per heavy atom. The highest BCUT2D eigenvalue weighted by molar-refractivity contribution is 5.93. The molecule has 0 saturated heterocycles. The molecule has 0 bridgehead atoms. The molecule has 5 nitrogen and oxygen atoms in total. The van der Waals surface area contributed by atoms with Gasteiger partial charge in [0.05, 0.1) is 23.2 Å². The standard InChI is InChI=1S/C15H15F3N2O3/c1-9(13(22)23)7-12(21)20-14(5-2-6-14)11-4-3-10(8-19-11)15(16,17)18/h3-4,8H,1-2,5-7H2,(H,20,21)(H,22,23). The van der Waals surface area contributed by atoms with Crippen molar-refractivity contribution in [3.05, 3.63) is 41.7 Å². The van der Waals surface area contributed by atoms with Crippen LogP contribution in [0, 0.1) is 0 Å². The van der Waals surface area contributed by atoms with Gasteiger partial charge in [0, 0.05) is 11.8 Å². The Kier molecular flexibility index (Phi) is 4.44. The number of aromatic nitrogens is 1. The number of halogens is 3. The summed E-state index contributed by atoms with van der Waals surface area (Å²) in [5.41, 5.74) is -1.61. The number of nitrogens with zero attached hydrogens (tertiary/aromatic N) is 1. The molecule has 1 aliphatic rings. The van der Waals surface area contributed by atoms with Gasteiger partial charge in [-0.1, -0.05) is 6.58 Å². The number of aliphatic carboxylic acids is 1. The number of hydrogen-bond donors (Lipinski definition) is 2. The molecule has 23 heavy (non-hydrogen) atoms. The molecule has 2 rings (SSSR count). The van der Waals surface area contributed by atoms with Gasteiger partial charge >= 0.3 is 12.1 Å². The van der Waals surface area contributed by atoms with Crippen molar-refractivity contribution in [1.82, 2.24) is 10.3 Å². The molecular formula is C15H15F3N2O3. The minimum absolute atomic E-state index is 0.252. The van der Waals surface area contributed by atoms with E-state index in [-0.39, 0.29) is 12.0 Å². The largest absolute Gasteiger partial charge is 0.478 e. The van der Waals surface area contributed by atoms with Gasteiger partial charge in [-0.2, -0.15) is 13.2 Å². The lowest BCUT2D eigenvalue weighted by Gasteiger charge is -2.42. The molecule has 1 aromatic rings. The highest BCUT2D eigenvalue weighted by Crippen LogP contribution is 2.41. The van der Waals surface area contributed by atoms with Gasteiger partial charge in [-0.25, -0.2) is 4.79 Å². The molecule has 2 N–H and O–H groups in total. The molecule has 1 aliphatic carbocycles. The van der Waals surface area contributed by atoms with Crippen LogP contribution in [0.3, 0.4) is 0 Å². The van der Waals surface area contributed by atoms with E-state index in [2.05, 4.69) is 16.9 Å². The van der Waals surface area contributed by atoms with E-state index in [4.69, 9.17) is 5.11 Å². The number of carbonyl (C=O) groups is 2. The number of carboxylic acid groups (broad SMARTS) is 1. The minimum Gasteiger partial charge on any atom is -0.478 e. The lowest BCUT2D eigenvalue weighted by atomic mass is 9.74. The molecule has 0 radical (unpaired) electrons. The molecule has 0 spiro atoms. The Morgan fingerprint density at radius 1 is 1.35 bits per heavy atom. The van der Waals surface area contributed by atoms with E-state index in [1.54, 1.807) is 0 Å². The molecule has 1 saturated carbocycles. The number of pyridine rings is 1. The van der Waals surface area contributed by atoms with Gasteiger partial charge < -0.3 is 10.4 Å². The smallest absolute Gasteiger partial charge is 0.417 e. The number of carbonyl (C=O) groups excluding carboxylic acids is 1. The fraction of sp³-hybridized carbons (Fsp3) is 0.400. The van der Waals surface area contributed by atoms with Gasteiger partial charge in [0.15, 0.2) is 0 Å². The minimum atomic E-state index is -4.47. The second-order valence-corrected chi connectivity index (χ2v) is 5.50. The first-order chi connectivity index (χ1) is 10.6. The molecule has 1 fully saturated rings. The Morgan fingerprint density at radius 2 is 2.00 bits per heavy atom. The zero-order chi connectivity index (χ0) is 17.3. The van der Waals surface area contributed by atoms with Crippen LogP contribution in [-0.2, 0) is 21.3 Å². The molecule has 0 aliphatic heterocycles. The lowest BCUT2D eigenvalue weighted by molar-refractivity contribution is -0.138. The van der Waals surface area contributed by atoms with Crippen LogP contribution < -0.4 is 5.32 Å². The maximum atomic E-state index is 12.6. The van der Waals surface area contributed by atoms with Crippen molar-refractivity contribution in [1.29, 1.82) is 0 Å². The zero-order valence-electron chi connectivity index (χ0n) is 12.1. The topological polar surface area (TPSA) is 79.3 Å². The van der Waals surface area contributed by atoms with Gasteiger partial charge in [-0.05, 0) is 31.4 Å². The van der Waals surface area contributed by atoms with Crippen LogP contribution in [0.4, 0.5) is 13.2 Å². The number of rotatable bonds is 5.